The molecule has 26 heavy (non-hydrogen) atoms. The molecule has 0 unspecified atom stereocenters. The Balaban J connectivity index is 2.36. The van der Waals surface area contributed by atoms with Crippen LogP contribution in [0.5, 0.6) is 11.5 Å². The average molecular weight is 357 g/mol. The van der Waals surface area contributed by atoms with Crippen LogP contribution in [0.4, 0.5) is 4.39 Å². The highest BCUT2D eigenvalue weighted by Gasteiger charge is 2.20. The number of hydrogen-bond acceptors (Lipinski definition) is 3. The average Bonchev–Trinajstić information content (AvgIpc) is 2.65. The summed E-state index contributed by atoms with van der Waals surface area (Å²) in [4.78, 5) is 14.7. The number of benzene rings is 2. The molecule has 5 heteroatoms. The minimum atomic E-state index is -0.314. The topological polar surface area (TPSA) is 38.8 Å². The summed E-state index contributed by atoms with van der Waals surface area (Å²) in [5, 5.41) is 0. The third-order valence-electron chi connectivity index (χ3n) is 4.10. The number of carbonyl (C=O) groups excluding carboxylic acids is 1. The van der Waals surface area contributed by atoms with Crippen molar-refractivity contribution in [2.24, 2.45) is 0 Å². The second-order valence-corrected chi connectivity index (χ2v) is 5.81. The number of carbonyl (C=O) groups is 1. The van der Waals surface area contributed by atoms with Crippen LogP contribution in [-0.4, -0.2) is 31.6 Å². The molecule has 0 spiro atoms. The number of halogens is 1. The van der Waals surface area contributed by atoms with Gasteiger partial charge in [0.05, 0.1) is 14.2 Å². The lowest BCUT2D eigenvalue weighted by atomic mass is 10.0. The van der Waals surface area contributed by atoms with Crippen molar-refractivity contribution in [3.63, 3.8) is 0 Å². The molecule has 2 aromatic carbocycles. The smallest absolute Gasteiger partial charge is 0.254 e. The molecule has 1 amide bonds. The van der Waals surface area contributed by atoms with Gasteiger partial charge in [0.15, 0.2) is 11.5 Å². The minimum absolute atomic E-state index is 0.150. The zero-order valence-electron chi connectivity index (χ0n) is 15.4. The van der Waals surface area contributed by atoms with Crippen molar-refractivity contribution in [3.8, 4) is 11.5 Å². The first-order valence-electron chi connectivity index (χ1n) is 8.43. The summed E-state index contributed by atoms with van der Waals surface area (Å²) in [6, 6.07) is 9.73. The van der Waals surface area contributed by atoms with E-state index in [9.17, 15) is 9.18 Å². The van der Waals surface area contributed by atoms with Gasteiger partial charge in [-0.1, -0.05) is 18.2 Å². The fraction of sp³-hybridized carbons (Fsp3) is 0.286. The molecule has 138 valence electrons. The third-order valence-corrected chi connectivity index (χ3v) is 4.10. The van der Waals surface area contributed by atoms with Gasteiger partial charge in [-0.05, 0) is 43.2 Å². The molecule has 0 aliphatic rings. The number of allylic oxidation sites excluding steroid dienone is 1. The number of ether oxygens (including phenoxy) is 2. The summed E-state index contributed by atoms with van der Waals surface area (Å²) < 4.78 is 24.2. The molecular formula is C21H24FNO3. The van der Waals surface area contributed by atoms with Gasteiger partial charge in [-0.15, -0.1) is 6.58 Å². The normalized spacial score (nSPS) is 10.3. The number of rotatable bonds is 8. The molecule has 0 saturated heterocycles. The van der Waals surface area contributed by atoms with Gasteiger partial charge in [-0.2, -0.15) is 0 Å². The standard InChI is InChI=1S/C21H24FNO3/c1-5-8-16-12-17(13-19(25-3)20(16)26-4)21(24)23(6-2)14-15-9-7-10-18(22)11-15/h5,7,9-13H,1,6,8,14H2,2-4H3. The van der Waals surface area contributed by atoms with Crippen LogP contribution >= 0.6 is 0 Å². The lowest BCUT2D eigenvalue weighted by molar-refractivity contribution is 0.0752. The Kier molecular flexibility index (Phi) is 6.78. The van der Waals surface area contributed by atoms with Crippen LogP contribution in [0.25, 0.3) is 0 Å². The van der Waals surface area contributed by atoms with E-state index < -0.39 is 0 Å². The van der Waals surface area contributed by atoms with E-state index in [-0.39, 0.29) is 11.7 Å². The highest BCUT2D eigenvalue weighted by molar-refractivity contribution is 5.95. The number of hydrogen-bond donors (Lipinski definition) is 0. The molecule has 2 rings (SSSR count). The molecule has 0 heterocycles. The van der Waals surface area contributed by atoms with Crippen molar-refractivity contribution < 1.29 is 18.7 Å². The fourth-order valence-electron chi connectivity index (χ4n) is 2.84. The van der Waals surface area contributed by atoms with Crippen LogP contribution in [0.15, 0.2) is 49.1 Å². The quantitative estimate of drug-likeness (QED) is 0.664. The van der Waals surface area contributed by atoms with E-state index in [0.717, 1.165) is 11.1 Å². The predicted molar refractivity (Wildman–Crippen MR) is 100 cm³/mol. The van der Waals surface area contributed by atoms with Gasteiger partial charge in [-0.25, -0.2) is 4.39 Å². The molecule has 4 nitrogen and oxygen atoms in total. The number of methoxy groups -OCH3 is 2. The molecule has 0 bridgehead atoms. The zero-order chi connectivity index (χ0) is 19.1. The van der Waals surface area contributed by atoms with Crippen LogP contribution < -0.4 is 9.47 Å². The first-order chi connectivity index (χ1) is 12.5. The summed E-state index contributed by atoms with van der Waals surface area (Å²) >= 11 is 0. The van der Waals surface area contributed by atoms with Gasteiger partial charge >= 0.3 is 0 Å². The lowest BCUT2D eigenvalue weighted by Crippen LogP contribution is -2.30. The van der Waals surface area contributed by atoms with Crippen LogP contribution in [0, 0.1) is 5.82 Å². The highest BCUT2D eigenvalue weighted by Crippen LogP contribution is 2.33. The van der Waals surface area contributed by atoms with Gasteiger partial charge < -0.3 is 14.4 Å². The summed E-state index contributed by atoms with van der Waals surface area (Å²) in [5.41, 5.74) is 2.07. The molecule has 0 fully saturated rings. The van der Waals surface area contributed by atoms with E-state index in [0.29, 0.717) is 36.6 Å². The van der Waals surface area contributed by atoms with Crippen molar-refractivity contribution in [1.82, 2.24) is 4.90 Å². The SMILES string of the molecule is C=CCc1cc(C(=O)N(CC)Cc2cccc(F)c2)cc(OC)c1OC. The monoisotopic (exact) mass is 357 g/mol. The van der Waals surface area contributed by atoms with Gasteiger partial charge in [-0.3, -0.25) is 4.79 Å². The van der Waals surface area contributed by atoms with E-state index in [1.165, 1.54) is 19.2 Å². The maximum Gasteiger partial charge on any atom is 0.254 e. The Morgan fingerprint density at radius 3 is 2.58 bits per heavy atom. The zero-order valence-corrected chi connectivity index (χ0v) is 15.4. The van der Waals surface area contributed by atoms with Crippen molar-refractivity contribution in [2.75, 3.05) is 20.8 Å². The molecule has 0 N–H and O–H groups in total. The van der Waals surface area contributed by atoms with Gasteiger partial charge in [0.1, 0.15) is 5.82 Å². The Labute approximate surface area is 153 Å². The Bertz CT molecular complexity index is 789. The fourth-order valence-corrected chi connectivity index (χ4v) is 2.84. The maximum atomic E-state index is 13.4. The third kappa shape index (κ3) is 4.42. The first-order valence-corrected chi connectivity index (χ1v) is 8.43. The highest BCUT2D eigenvalue weighted by atomic mass is 19.1. The van der Waals surface area contributed by atoms with E-state index in [1.807, 2.05) is 6.92 Å². The summed E-state index contributed by atoms with van der Waals surface area (Å²) in [7, 11) is 3.10. The minimum Gasteiger partial charge on any atom is -0.493 e. The van der Waals surface area contributed by atoms with Crippen molar-refractivity contribution in [2.45, 2.75) is 19.9 Å². The maximum absolute atomic E-state index is 13.4. The van der Waals surface area contributed by atoms with Crippen molar-refractivity contribution in [3.05, 3.63) is 71.6 Å². The molecule has 0 aliphatic carbocycles. The first kappa shape index (κ1) is 19.5. The van der Waals surface area contributed by atoms with Crippen molar-refractivity contribution >= 4 is 5.91 Å². The van der Waals surface area contributed by atoms with E-state index in [4.69, 9.17) is 9.47 Å². The summed E-state index contributed by atoms with van der Waals surface area (Å²) in [5.74, 6) is 0.627. The van der Waals surface area contributed by atoms with Gasteiger partial charge in [0.25, 0.3) is 5.91 Å². The van der Waals surface area contributed by atoms with Crippen LogP contribution in [0.2, 0.25) is 0 Å². The molecule has 2 aromatic rings. The molecule has 0 aromatic heterocycles. The van der Waals surface area contributed by atoms with Crippen LogP contribution in [-0.2, 0) is 13.0 Å². The van der Waals surface area contributed by atoms with Gasteiger partial charge in [0.2, 0.25) is 0 Å². The molecule has 0 atom stereocenters. The van der Waals surface area contributed by atoms with Gasteiger partial charge in [0, 0.05) is 24.2 Å². The molecular weight excluding hydrogens is 333 g/mol. The van der Waals surface area contributed by atoms with E-state index >= 15 is 0 Å². The Morgan fingerprint density at radius 2 is 2.00 bits per heavy atom. The molecule has 0 radical (unpaired) electrons. The number of amides is 1. The predicted octanol–water partition coefficient (Wildman–Crippen LogP) is 4.23. The Morgan fingerprint density at radius 1 is 1.23 bits per heavy atom. The second kappa shape index (κ2) is 9.04. The largest absolute Gasteiger partial charge is 0.493 e. The molecule has 0 aliphatic heterocycles. The Hall–Kier alpha value is -2.82. The molecule has 0 saturated carbocycles. The van der Waals surface area contributed by atoms with E-state index in [2.05, 4.69) is 6.58 Å². The lowest BCUT2D eigenvalue weighted by Gasteiger charge is -2.22. The second-order valence-electron chi connectivity index (χ2n) is 5.81. The van der Waals surface area contributed by atoms with E-state index in [1.54, 1.807) is 42.4 Å². The summed E-state index contributed by atoms with van der Waals surface area (Å²) in [6.45, 7) is 6.47. The number of nitrogens with zero attached hydrogens (tertiary/aromatic N) is 1. The van der Waals surface area contributed by atoms with Crippen molar-refractivity contribution in [1.29, 1.82) is 0 Å². The summed E-state index contributed by atoms with van der Waals surface area (Å²) in [6.07, 6.45) is 2.30. The van der Waals surface area contributed by atoms with Crippen LogP contribution in [0.1, 0.15) is 28.4 Å². The van der Waals surface area contributed by atoms with Crippen LogP contribution in [0.3, 0.4) is 0 Å².